The summed E-state index contributed by atoms with van der Waals surface area (Å²) in [6, 6.07) is 0. The van der Waals surface area contributed by atoms with Gasteiger partial charge in [0.1, 0.15) is 0 Å². The highest BCUT2D eigenvalue weighted by Gasteiger charge is 2.04. The van der Waals surface area contributed by atoms with Crippen molar-refractivity contribution in [2.75, 3.05) is 0 Å². The summed E-state index contributed by atoms with van der Waals surface area (Å²) >= 11 is 0. The lowest BCUT2D eigenvalue weighted by Crippen LogP contribution is -2.00. The van der Waals surface area contributed by atoms with Crippen molar-refractivity contribution in [3.05, 3.63) is 23.5 Å². The second-order valence-corrected chi connectivity index (χ2v) is 3.54. The Kier molecular flexibility index (Phi) is 4.21. The predicted octanol–water partition coefficient (Wildman–Crippen LogP) is 1.67. The Bertz CT molecular complexity index is 360. The standard InChI is InChI=1S/C11H17N3O/c1-4-9(5-2)6-11(15)7-10-8-14(3)13-12-10/h6,8H,4-5,7H2,1-3H3. The molecule has 0 saturated carbocycles. The Morgan fingerprint density at radius 2 is 2.13 bits per heavy atom. The molecular weight excluding hydrogens is 190 g/mol. The van der Waals surface area contributed by atoms with Gasteiger partial charge in [0.25, 0.3) is 0 Å². The van der Waals surface area contributed by atoms with Gasteiger partial charge in [-0.1, -0.05) is 24.6 Å². The van der Waals surface area contributed by atoms with Gasteiger partial charge in [-0.3, -0.25) is 9.48 Å². The minimum atomic E-state index is 0.106. The maximum Gasteiger partial charge on any atom is 0.161 e. The van der Waals surface area contributed by atoms with E-state index in [1.165, 1.54) is 5.57 Å². The number of aromatic nitrogens is 3. The molecule has 0 saturated heterocycles. The van der Waals surface area contributed by atoms with E-state index in [0.29, 0.717) is 6.42 Å². The zero-order valence-electron chi connectivity index (χ0n) is 9.53. The second-order valence-electron chi connectivity index (χ2n) is 3.54. The summed E-state index contributed by atoms with van der Waals surface area (Å²) in [4.78, 5) is 11.6. The molecule has 0 atom stereocenters. The van der Waals surface area contributed by atoms with Gasteiger partial charge in [0, 0.05) is 13.2 Å². The van der Waals surface area contributed by atoms with Crippen LogP contribution in [0.1, 0.15) is 32.4 Å². The monoisotopic (exact) mass is 207 g/mol. The van der Waals surface area contributed by atoms with Crippen molar-refractivity contribution in [3.63, 3.8) is 0 Å². The molecule has 4 heteroatoms. The average Bonchev–Trinajstić information content (AvgIpc) is 2.60. The smallest absolute Gasteiger partial charge is 0.161 e. The van der Waals surface area contributed by atoms with E-state index in [4.69, 9.17) is 0 Å². The van der Waals surface area contributed by atoms with E-state index in [1.54, 1.807) is 24.0 Å². The number of carbonyl (C=O) groups excluding carboxylic acids is 1. The molecule has 1 aromatic rings. The molecule has 82 valence electrons. The van der Waals surface area contributed by atoms with Crippen molar-refractivity contribution >= 4 is 5.78 Å². The van der Waals surface area contributed by atoms with Gasteiger partial charge in [0.05, 0.1) is 12.1 Å². The first-order valence-corrected chi connectivity index (χ1v) is 5.23. The maximum absolute atomic E-state index is 11.6. The topological polar surface area (TPSA) is 47.8 Å². The molecule has 0 aromatic carbocycles. The Balaban J connectivity index is 2.60. The number of allylic oxidation sites excluding steroid dienone is 2. The van der Waals surface area contributed by atoms with E-state index in [9.17, 15) is 4.79 Å². The highest BCUT2D eigenvalue weighted by molar-refractivity contribution is 5.91. The van der Waals surface area contributed by atoms with Crippen LogP contribution < -0.4 is 0 Å². The van der Waals surface area contributed by atoms with Crippen LogP contribution in [-0.4, -0.2) is 20.8 Å². The van der Waals surface area contributed by atoms with Crippen LogP contribution in [0.25, 0.3) is 0 Å². The zero-order valence-corrected chi connectivity index (χ0v) is 9.53. The first-order valence-electron chi connectivity index (χ1n) is 5.23. The van der Waals surface area contributed by atoms with E-state index >= 15 is 0 Å². The van der Waals surface area contributed by atoms with Crippen LogP contribution in [0.3, 0.4) is 0 Å². The van der Waals surface area contributed by atoms with E-state index in [-0.39, 0.29) is 5.78 Å². The lowest BCUT2D eigenvalue weighted by atomic mass is 10.1. The van der Waals surface area contributed by atoms with Gasteiger partial charge in [-0.05, 0) is 18.9 Å². The Morgan fingerprint density at radius 1 is 1.47 bits per heavy atom. The molecule has 0 spiro atoms. The number of hydrogen-bond donors (Lipinski definition) is 0. The number of ketones is 1. The van der Waals surface area contributed by atoms with E-state index < -0.39 is 0 Å². The Morgan fingerprint density at radius 3 is 2.60 bits per heavy atom. The normalized spacial score (nSPS) is 10.1. The Labute approximate surface area is 90.0 Å². The molecule has 0 aliphatic heterocycles. The molecule has 1 rings (SSSR count). The van der Waals surface area contributed by atoms with Crippen LogP contribution in [0.2, 0.25) is 0 Å². The zero-order chi connectivity index (χ0) is 11.3. The summed E-state index contributed by atoms with van der Waals surface area (Å²) in [5, 5.41) is 7.66. The summed E-state index contributed by atoms with van der Waals surface area (Å²) in [6.07, 6.45) is 5.71. The van der Waals surface area contributed by atoms with Crippen LogP contribution in [0.5, 0.6) is 0 Å². The van der Waals surface area contributed by atoms with Gasteiger partial charge in [-0.15, -0.1) is 5.10 Å². The van der Waals surface area contributed by atoms with Crippen molar-refractivity contribution in [2.45, 2.75) is 33.1 Å². The minimum Gasteiger partial charge on any atom is -0.294 e. The van der Waals surface area contributed by atoms with Crippen LogP contribution in [0.15, 0.2) is 17.8 Å². The fourth-order valence-electron chi connectivity index (χ4n) is 1.39. The molecule has 0 radical (unpaired) electrons. The highest BCUT2D eigenvalue weighted by atomic mass is 16.1. The molecule has 0 fully saturated rings. The molecule has 1 heterocycles. The molecule has 0 aliphatic rings. The van der Waals surface area contributed by atoms with Crippen molar-refractivity contribution in [1.29, 1.82) is 0 Å². The number of aryl methyl sites for hydroxylation is 1. The van der Waals surface area contributed by atoms with Gasteiger partial charge in [0.15, 0.2) is 5.78 Å². The van der Waals surface area contributed by atoms with Gasteiger partial charge in [-0.2, -0.15) is 0 Å². The van der Waals surface area contributed by atoms with Crippen LogP contribution in [0.4, 0.5) is 0 Å². The Hall–Kier alpha value is -1.45. The maximum atomic E-state index is 11.6. The molecule has 0 aliphatic carbocycles. The third-order valence-electron chi connectivity index (χ3n) is 2.28. The molecule has 0 N–H and O–H groups in total. The second kappa shape index (κ2) is 5.44. The number of hydrogen-bond acceptors (Lipinski definition) is 3. The molecule has 15 heavy (non-hydrogen) atoms. The third kappa shape index (κ3) is 3.65. The van der Waals surface area contributed by atoms with Crippen LogP contribution >= 0.6 is 0 Å². The SMILES string of the molecule is CCC(=CC(=O)Cc1cn(C)nn1)CC. The number of nitrogens with zero attached hydrogens (tertiary/aromatic N) is 3. The van der Waals surface area contributed by atoms with E-state index in [1.807, 2.05) is 0 Å². The van der Waals surface area contributed by atoms with Gasteiger partial charge in [-0.25, -0.2) is 0 Å². The first-order chi connectivity index (χ1) is 7.15. The quantitative estimate of drug-likeness (QED) is 0.690. The molecule has 0 unspecified atom stereocenters. The molecular formula is C11H17N3O. The molecule has 1 aromatic heterocycles. The molecule has 4 nitrogen and oxygen atoms in total. The third-order valence-corrected chi connectivity index (χ3v) is 2.28. The summed E-state index contributed by atoms with van der Waals surface area (Å²) in [7, 11) is 1.79. The lowest BCUT2D eigenvalue weighted by molar-refractivity contribution is -0.114. The molecule has 0 amide bonds. The van der Waals surface area contributed by atoms with Crippen LogP contribution in [0, 0.1) is 0 Å². The number of rotatable bonds is 5. The lowest BCUT2D eigenvalue weighted by Gasteiger charge is -1.98. The van der Waals surface area contributed by atoms with E-state index in [0.717, 1.165) is 18.5 Å². The number of carbonyl (C=O) groups is 1. The van der Waals surface area contributed by atoms with Gasteiger partial charge >= 0.3 is 0 Å². The van der Waals surface area contributed by atoms with Crippen molar-refractivity contribution in [2.24, 2.45) is 7.05 Å². The summed E-state index contributed by atoms with van der Waals surface area (Å²) in [5.41, 5.74) is 1.91. The average molecular weight is 207 g/mol. The first kappa shape index (κ1) is 11.6. The minimum absolute atomic E-state index is 0.106. The van der Waals surface area contributed by atoms with Crippen LogP contribution in [-0.2, 0) is 18.3 Å². The van der Waals surface area contributed by atoms with Crippen molar-refractivity contribution < 1.29 is 4.79 Å². The van der Waals surface area contributed by atoms with Gasteiger partial charge in [0.2, 0.25) is 0 Å². The largest absolute Gasteiger partial charge is 0.294 e. The fraction of sp³-hybridized carbons (Fsp3) is 0.545. The summed E-state index contributed by atoms with van der Waals surface area (Å²) in [5.74, 6) is 0.106. The van der Waals surface area contributed by atoms with Crippen molar-refractivity contribution in [3.8, 4) is 0 Å². The fourth-order valence-corrected chi connectivity index (χ4v) is 1.39. The summed E-state index contributed by atoms with van der Waals surface area (Å²) < 4.78 is 1.60. The van der Waals surface area contributed by atoms with Crippen molar-refractivity contribution in [1.82, 2.24) is 15.0 Å². The predicted molar refractivity (Wildman–Crippen MR) is 58.4 cm³/mol. The molecule has 0 bridgehead atoms. The van der Waals surface area contributed by atoms with Gasteiger partial charge < -0.3 is 0 Å². The summed E-state index contributed by atoms with van der Waals surface area (Å²) in [6.45, 7) is 4.12. The highest BCUT2D eigenvalue weighted by Crippen LogP contribution is 2.06. The van der Waals surface area contributed by atoms with E-state index in [2.05, 4.69) is 24.2 Å².